The van der Waals surface area contributed by atoms with Crippen LogP contribution in [0.4, 0.5) is 5.00 Å². The number of thioether (sulfide) groups is 2. The molecule has 2 saturated heterocycles. The zero-order valence-electron chi connectivity index (χ0n) is 44.6. The second-order valence-corrected chi connectivity index (χ2v) is 23.9. The van der Waals surface area contributed by atoms with Crippen molar-refractivity contribution in [3.05, 3.63) is 198 Å². The van der Waals surface area contributed by atoms with E-state index < -0.39 is 46.5 Å². The highest BCUT2D eigenvalue weighted by Crippen LogP contribution is 2.65. The van der Waals surface area contributed by atoms with Crippen LogP contribution in [0.5, 0.6) is 0 Å². The van der Waals surface area contributed by atoms with Crippen molar-refractivity contribution >= 4 is 124 Å². The quantitative estimate of drug-likeness (QED) is 0.0377. The molecule has 11 rings (SSSR count). The number of amides is 2. The summed E-state index contributed by atoms with van der Waals surface area (Å²) in [5.41, 5.74) is -3.54. The Morgan fingerprint density at radius 1 is 0.506 bits per heavy atom. The van der Waals surface area contributed by atoms with E-state index in [0.717, 1.165) is 57.5 Å². The maximum Gasteiger partial charge on any atom is 0.334 e. The molecule has 0 unspecified atom stereocenters. The van der Waals surface area contributed by atoms with Gasteiger partial charge in [0.05, 0.1) is 24.9 Å². The molecular weight excluding hydrogens is 1180 g/mol. The van der Waals surface area contributed by atoms with E-state index in [2.05, 4.69) is 0 Å². The van der Waals surface area contributed by atoms with Crippen molar-refractivity contribution in [1.29, 1.82) is 21.0 Å². The molecule has 23 heteroatoms. The fourth-order valence-electron chi connectivity index (χ4n) is 10.1. The first-order valence-electron chi connectivity index (χ1n) is 25.9. The van der Waals surface area contributed by atoms with Gasteiger partial charge in [-0.3, -0.25) is 38.6 Å². The third-order valence-corrected chi connectivity index (χ3v) is 19.9. The van der Waals surface area contributed by atoms with Crippen LogP contribution >= 0.6 is 57.5 Å². The second-order valence-electron chi connectivity index (χ2n) is 18.9. The topological polar surface area (TPSA) is 266 Å². The summed E-state index contributed by atoms with van der Waals surface area (Å²) in [6, 6.07) is 43.9. The van der Waals surface area contributed by atoms with Gasteiger partial charge >= 0.3 is 23.9 Å². The molecule has 4 aromatic carbocycles. The van der Waals surface area contributed by atoms with E-state index in [9.17, 15) is 30.6 Å². The molecule has 7 aromatic rings. The number of rotatable bonds is 16. The number of benzene rings is 4. The number of ether oxygens (including phenoxy) is 4. The van der Waals surface area contributed by atoms with Crippen molar-refractivity contribution in [2.24, 2.45) is 9.98 Å². The van der Waals surface area contributed by atoms with Crippen LogP contribution in [0.25, 0.3) is 25.2 Å². The molecule has 5 heterocycles. The van der Waals surface area contributed by atoms with Gasteiger partial charge in [0, 0.05) is 34.7 Å². The minimum absolute atomic E-state index is 0.000988. The molecule has 0 radical (unpaired) electrons. The van der Waals surface area contributed by atoms with Crippen molar-refractivity contribution in [3.63, 3.8) is 0 Å². The lowest BCUT2D eigenvalue weighted by atomic mass is 9.78. The Kier molecular flexibility index (Phi) is 16.0. The Bertz CT molecular complexity index is 4170. The normalized spacial score (nSPS) is 16.0. The maximum absolute atomic E-state index is 15.8. The predicted molar refractivity (Wildman–Crippen MR) is 319 cm³/mol. The summed E-state index contributed by atoms with van der Waals surface area (Å²) in [6.45, 7) is 2.20. The van der Waals surface area contributed by atoms with Crippen LogP contribution in [-0.2, 0) is 85.0 Å². The Balaban J connectivity index is 1.17. The molecule has 0 saturated carbocycles. The van der Waals surface area contributed by atoms with Crippen LogP contribution in [0, 0.1) is 45.3 Å². The second kappa shape index (κ2) is 23.9. The molecule has 2 fully saturated rings. The van der Waals surface area contributed by atoms with Gasteiger partial charge in [0.25, 0.3) is 11.8 Å². The van der Waals surface area contributed by atoms with Gasteiger partial charge in [0.2, 0.25) is 10.8 Å². The van der Waals surface area contributed by atoms with E-state index in [1.807, 2.05) is 24.3 Å². The number of hydrogen-bond acceptors (Lipinski definition) is 21. The Hall–Kier alpha value is -9.72. The number of nitriles is 4. The van der Waals surface area contributed by atoms with Crippen molar-refractivity contribution in [3.8, 4) is 34.0 Å². The first-order valence-corrected chi connectivity index (χ1v) is 30.0. The summed E-state index contributed by atoms with van der Waals surface area (Å²) >= 11 is 4.64. The molecule has 0 spiro atoms. The molecule has 2 amide bonds. The van der Waals surface area contributed by atoms with Gasteiger partial charge < -0.3 is 18.9 Å². The zero-order valence-corrected chi connectivity index (χ0v) is 48.7. The fraction of sp³-hybridized carbons (Fsp3) is 0.161. The first kappa shape index (κ1) is 57.1. The van der Waals surface area contributed by atoms with Crippen molar-refractivity contribution in [2.75, 3.05) is 13.1 Å². The fourth-order valence-corrected chi connectivity index (χ4v) is 16.5. The number of hydrogen-bond donors (Lipinski definition) is 0. The molecule has 4 aliphatic rings. The van der Waals surface area contributed by atoms with E-state index in [1.165, 1.54) is 21.9 Å². The van der Waals surface area contributed by atoms with Crippen molar-refractivity contribution < 1.29 is 47.7 Å². The lowest BCUT2D eigenvalue weighted by Crippen LogP contribution is -2.46. The van der Waals surface area contributed by atoms with Gasteiger partial charge in [-0.15, -0.1) is 34.0 Å². The number of carbonyl (C=O) groups excluding carboxylic acids is 6. The first-order chi connectivity index (χ1) is 41.3. The van der Waals surface area contributed by atoms with Crippen LogP contribution in [0.15, 0.2) is 164 Å². The summed E-state index contributed by atoms with van der Waals surface area (Å²) in [5.74, 6) is -5.70. The molecular formula is C62H40N8O10S5. The van der Waals surface area contributed by atoms with E-state index in [1.54, 1.807) is 135 Å². The summed E-state index contributed by atoms with van der Waals surface area (Å²) in [5, 5.41) is 39.4. The van der Waals surface area contributed by atoms with Gasteiger partial charge in [-0.2, -0.15) is 21.0 Å². The van der Waals surface area contributed by atoms with Gasteiger partial charge in [-0.25, -0.2) is 9.98 Å². The van der Waals surface area contributed by atoms with Crippen LogP contribution in [0.1, 0.15) is 57.7 Å². The number of fused-ring (bicyclic) bond motifs is 7. The lowest BCUT2D eigenvalue weighted by Gasteiger charge is -2.28. The monoisotopic (exact) mass is 1220 g/mol. The van der Waals surface area contributed by atoms with Crippen LogP contribution in [-0.4, -0.2) is 68.7 Å². The maximum atomic E-state index is 15.8. The molecule has 418 valence electrons. The SMILES string of the molecule is CCN1C(=O)C(=NC2=Cc3sc4c5c(sc4c3C2(C(=O)OCc2ccccc2)C(=O)OCc2ccccc2)-c2sc(N=C3SC(=C(C#N)C#N)N(CC)C3=O)cc2C5(C(=O)OCc2ccccc2)C(=O)OCc2ccccc2)SC1=C(C#N)C#N. The number of allylic oxidation sites excluding steroid dienone is 2. The summed E-state index contributed by atoms with van der Waals surface area (Å²) < 4.78 is 25.3. The molecule has 0 atom stereocenters. The van der Waals surface area contributed by atoms with E-state index in [-0.39, 0.29) is 112 Å². The summed E-state index contributed by atoms with van der Waals surface area (Å²) in [7, 11) is 0. The molecule has 0 bridgehead atoms. The summed E-state index contributed by atoms with van der Waals surface area (Å²) in [4.78, 5) is 104. The highest BCUT2D eigenvalue weighted by molar-refractivity contribution is 8.20. The minimum atomic E-state index is -2.65. The number of nitrogens with zero attached hydrogens (tertiary/aromatic N) is 8. The molecule has 0 N–H and O–H groups in total. The molecule has 85 heavy (non-hydrogen) atoms. The predicted octanol–water partition coefficient (Wildman–Crippen LogP) is 11.0. The molecule has 18 nitrogen and oxygen atoms in total. The Labute approximate surface area is 505 Å². The minimum Gasteiger partial charge on any atom is -0.459 e. The highest BCUT2D eigenvalue weighted by atomic mass is 32.2. The van der Waals surface area contributed by atoms with Crippen LogP contribution in [0.2, 0.25) is 0 Å². The molecule has 2 aliphatic heterocycles. The smallest absolute Gasteiger partial charge is 0.334 e. The van der Waals surface area contributed by atoms with Crippen LogP contribution < -0.4 is 0 Å². The van der Waals surface area contributed by atoms with Crippen molar-refractivity contribution in [1.82, 2.24) is 9.80 Å². The number of carbonyl (C=O) groups is 6. The Morgan fingerprint density at radius 3 is 1.29 bits per heavy atom. The molecule has 2 aliphatic carbocycles. The van der Waals surface area contributed by atoms with E-state index in [0.29, 0.717) is 32.0 Å². The number of esters is 4. The van der Waals surface area contributed by atoms with Crippen LogP contribution in [0.3, 0.4) is 0 Å². The van der Waals surface area contributed by atoms with Gasteiger partial charge in [0.15, 0.2) is 21.2 Å². The third kappa shape index (κ3) is 9.87. The van der Waals surface area contributed by atoms with Gasteiger partial charge in [-0.1, -0.05) is 121 Å². The van der Waals surface area contributed by atoms with Gasteiger partial charge in [0.1, 0.15) is 65.8 Å². The van der Waals surface area contributed by atoms with Gasteiger partial charge in [-0.05, 0) is 71.8 Å². The highest BCUT2D eigenvalue weighted by Gasteiger charge is 2.65. The average molecular weight is 1220 g/mol. The standard InChI is InChI=1S/C62H40N8O10S5/c1-3-69-53(71)51(84-55(69)39(27-63)28-64)67-43-26-42-45(62(43,59(75)79-33-37-21-13-7-14-22-37)60(76)80-34-38-23-15-8-16-24-38)48-50(81-42)46-49(83-48)47-41(25-44(82-47)68-52-54(72)70(4-2)56(85-52)40(29-65)30-66)61(46,57(73)77-31-35-17-9-5-10-18-35)58(74)78-32-36-19-11-6-12-20-36/h5-26H,3-4,31-34H2,1-2H3. The lowest BCUT2D eigenvalue weighted by molar-refractivity contribution is -0.166. The van der Waals surface area contributed by atoms with Crippen molar-refractivity contribution in [2.45, 2.75) is 51.1 Å². The number of thiophene rings is 3. The number of aliphatic imine (C=N–C) groups is 2. The van der Waals surface area contributed by atoms with E-state index >= 15 is 19.2 Å². The summed E-state index contributed by atoms with van der Waals surface area (Å²) in [6.07, 6.45) is 1.45. The van der Waals surface area contributed by atoms with E-state index in [4.69, 9.17) is 28.9 Å². The average Bonchev–Trinajstić information content (AvgIpc) is 1.52. The zero-order chi connectivity index (χ0) is 59.6. The molecule has 3 aromatic heterocycles. The Morgan fingerprint density at radius 2 is 0.894 bits per heavy atom. The largest absolute Gasteiger partial charge is 0.459 e. The third-order valence-electron chi connectivity index (χ3n) is 14.0.